The third-order valence-electron chi connectivity index (χ3n) is 4.03. The van der Waals surface area contributed by atoms with Crippen LogP contribution in [-0.4, -0.2) is 29.4 Å². The summed E-state index contributed by atoms with van der Waals surface area (Å²) >= 11 is 9.04. The van der Waals surface area contributed by atoms with Crippen molar-refractivity contribution in [1.82, 2.24) is 0 Å². The fraction of sp³-hybridized carbons (Fsp3) is 0.294. The first-order valence-electron chi connectivity index (χ1n) is 7.29. The van der Waals surface area contributed by atoms with Gasteiger partial charge in [-0.15, -0.1) is 6.42 Å². The van der Waals surface area contributed by atoms with Crippen molar-refractivity contribution in [2.45, 2.75) is 23.8 Å². The average Bonchev–Trinajstić information content (AvgIpc) is 2.79. The molecule has 2 unspecified atom stereocenters. The van der Waals surface area contributed by atoms with Crippen LogP contribution in [0.5, 0.6) is 5.75 Å². The van der Waals surface area contributed by atoms with Crippen LogP contribution in [0, 0.1) is 18.2 Å². The Morgan fingerprint density at radius 1 is 1.32 bits per heavy atom. The van der Waals surface area contributed by atoms with Crippen molar-refractivity contribution in [3.05, 3.63) is 34.1 Å². The zero-order chi connectivity index (χ0) is 18.3. The maximum absolute atomic E-state index is 14.4. The zero-order valence-corrected chi connectivity index (χ0v) is 15.0. The average molecular weight is 431 g/mol. The minimum absolute atomic E-state index is 0.0438. The highest BCUT2D eigenvalue weighted by atomic mass is 79.9. The number of halogens is 4. The summed E-state index contributed by atoms with van der Waals surface area (Å²) in [6.07, 6.45) is 3.69. The van der Waals surface area contributed by atoms with Gasteiger partial charge < -0.3 is 4.74 Å². The van der Waals surface area contributed by atoms with Gasteiger partial charge in [-0.1, -0.05) is 33.5 Å². The lowest BCUT2D eigenvalue weighted by Gasteiger charge is -2.20. The summed E-state index contributed by atoms with van der Waals surface area (Å²) in [5, 5.41) is -0.0438. The Labute approximate surface area is 155 Å². The Morgan fingerprint density at radius 3 is 2.60 bits per heavy atom. The molecule has 130 valence electrons. The molecule has 0 aromatic heterocycles. The number of carbonyl (C=O) groups is 2. The number of rotatable bonds is 3. The zero-order valence-electron chi connectivity index (χ0n) is 12.7. The first-order valence-corrected chi connectivity index (χ1v) is 8.58. The molecule has 0 saturated heterocycles. The van der Waals surface area contributed by atoms with Gasteiger partial charge >= 0.3 is 0 Å². The van der Waals surface area contributed by atoms with Crippen molar-refractivity contribution in [3.63, 3.8) is 0 Å². The smallest absolute Gasteiger partial charge is 0.261 e. The molecule has 0 saturated carbocycles. The van der Waals surface area contributed by atoms with Gasteiger partial charge in [0.2, 0.25) is 0 Å². The van der Waals surface area contributed by atoms with E-state index in [-0.39, 0.29) is 47.1 Å². The number of nitrogens with zero attached hydrogens (tertiary/aromatic N) is 1. The van der Waals surface area contributed by atoms with Crippen LogP contribution in [0.2, 0.25) is 5.02 Å². The Balaban J connectivity index is 2.00. The molecule has 1 aliphatic heterocycles. The lowest BCUT2D eigenvalue weighted by atomic mass is 9.92. The standard InChI is InChI=1S/C17H11BrClF2NO3/c1-2-3-25-15-7-14(13(21)6-11(15)19)22-16(23)8-4-10(18)12(20)5-9(8)17(22)24/h1,6-7,10,12H,3-5H2. The highest BCUT2D eigenvalue weighted by Gasteiger charge is 2.45. The van der Waals surface area contributed by atoms with Crippen molar-refractivity contribution in [1.29, 1.82) is 0 Å². The quantitative estimate of drug-likeness (QED) is 0.419. The number of ether oxygens (including phenoxy) is 1. The number of hydrogen-bond acceptors (Lipinski definition) is 3. The highest BCUT2D eigenvalue weighted by molar-refractivity contribution is 9.09. The van der Waals surface area contributed by atoms with E-state index in [1.807, 2.05) is 0 Å². The molecular weight excluding hydrogens is 420 g/mol. The molecule has 1 aliphatic carbocycles. The molecule has 8 heteroatoms. The Bertz CT molecular complexity index is 817. The third kappa shape index (κ3) is 3.05. The van der Waals surface area contributed by atoms with Crippen molar-refractivity contribution >= 4 is 45.0 Å². The van der Waals surface area contributed by atoms with Crippen LogP contribution in [0.1, 0.15) is 12.8 Å². The summed E-state index contributed by atoms with van der Waals surface area (Å²) in [5.74, 6) is 0.0170. The lowest BCUT2D eigenvalue weighted by molar-refractivity contribution is -0.120. The van der Waals surface area contributed by atoms with Crippen molar-refractivity contribution in [3.8, 4) is 18.1 Å². The summed E-state index contributed by atoms with van der Waals surface area (Å²) in [5.41, 5.74) is -0.0304. The molecule has 0 fully saturated rings. The van der Waals surface area contributed by atoms with Gasteiger partial charge in [-0.25, -0.2) is 13.7 Å². The Hall–Kier alpha value is -1.91. The number of amides is 2. The number of terminal acetylenes is 1. The van der Waals surface area contributed by atoms with Gasteiger partial charge in [0.15, 0.2) is 0 Å². The first-order chi connectivity index (χ1) is 11.8. The fourth-order valence-corrected chi connectivity index (χ4v) is 3.54. The largest absolute Gasteiger partial charge is 0.479 e. The number of alkyl halides is 2. The summed E-state index contributed by atoms with van der Waals surface area (Å²) < 4.78 is 33.4. The Kier molecular flexibility index (Phi) is 4.85. The van der Waals surface area contributed by atoms with Gasteiger partial charge in [-0.2, -0.15) is 0 Å². The van der Waals surface area contributed by atoms with Gasteiger partial charge in [-0.3, -0.25) is 9.59 Å². The lowest BCUT2D eigenvalue weighted by Crippen LogP contribution is -2.32. The molecule has 0 radical (unpaired) electrons. The van der Waals surface area contributed by atoms with Gasteiger partial charge in [0.1, 0.15) is 24.3 Å². The monoisotopic (exact) mass is 429 g/mol. The molecule has 25 heavy (non-hydrogen) atoms. The number of carbonyl (C=O) groups excluding carboxylic acids is 2. The summed E-state index contributed by atoms with van der Waals surface area (Å²) in [6, 6.07) is 2.08. The van der Waals surface area contributed by atoms with E-state index in [9.17, 15) is 18.4 Å². The van der Waals surface area contributed by atoms with E-state index in [1.54, 1.807) is 0 Å². The molecule has 2 atom stereocenters. The van der Waals surface area contributed by atoms with Crippen molar-refractivity contribution < 1.29 is 23.1 Å². The first kappa shape index (κ1) is 17.9. The van der Waals surface area contributed by atoms with Crippen molar-refractivity contribution in [2.24, 2.45) is 0 Å². The minimum atomic E-state index is -1.29. The summed E-state index contributed by atoms with van der Waals surface area (Å²) in [7, 11) is 0. The summed E-state index contributed by atoms with van der Waals surface area (Å²) in [4.78, 5) is 25.3. The Morgan fingerprint density at radius 2 is 1.96 bits per heavy atom. The molecular formula is C17H11BrClF2NO3. The predicted octanol–water partition coefficient (Wildman–Crippen LogP) is 3.56. The van der Waals surface area contributed by atoms with Crippen LogP contribution in [0.15, 0.2) is 23.3 Å². The fourth-order valence-electron chi connectivity index (χ4n) is 2.83. The number of hydrogen-bond donors (Lipinski definition) is 0. The molecule has 2 aliphatic rings. The van der Waals surface area contributed by atoms with E-state index in [2.05, 4.69) is 21.9 Å². The van der Waals surface area contributed by atoms with E-state index >= 15 is 0 Å². The van der Waals surface area contributed by atoms with Crippen LogP contribution in [0.25, 0.3) is 0 Å². The molecule has 1 aromatic carbocycles. The van der Waals surface area contributed by atoms with E-state index in [4.69, 9.17) is 22.8 Å². The van der Waals surface area contributed by atoms with E-state index < -0.39 is 28.6 Å². The van der Waals surface area contributed by atoms with Crippen LogP contribution in [0.3, 0.4) is 0 Å². The third-order valence-corrected chi connectivity index (χ3v) is 5.22. The second-order valence-electron chi connectivity index (χ2n) is 5.57. The topological polar surface area (TPSA) is 46.6 Å². The molecule has 1 aromatic rings. The van der Waals surface area contributed by atoms with Crippen LogP contribution < -0.4 is 9.64 Å². The van der Waals surface area contributed by atoms with Gasteiger partial charge in [-0.05, 0) is 12.5 Å². The molecule has 4 nitrogen and oxygen atoms in total. The normalized spacial score (nSPS) is 22.9. The van der Waals surface area contributed by atoms with Crippen molar-refractivity contribution in [2.75, 3.05) is 11.5 Å². The second-order valence-corrected chi connectivity index (χ2v) is 7.15. The molecule has 1 heterocycles. The maximum Gasteiger partial charge on any atom is 0.261 e. The summed E-state index contributed by atoms with van der Waals surface area (Å²) in [6.45, 7) is -0.115. The van der Waals surface area contributed by atoms with Gasteiger partial charge in [0.05, 0.1) is 15.5 Å². The SMILES string of the molecule is C#CCOc1cc(N2C(=O)C3=C(CC(Br)C(F)C3)C2=O)c(F)cc1Cl. The predicted molar refractivity (Wildman–Crippen MR) is 92.1 cm³/mol. The maximum atomic E-state index is 14.4. The number of benzene rings is 1. The van der Waals surface area contributed by atoms with Crippen LogP contribution in [0.4, 0.5) is 14.5 Å². The minimum Gasteiger partial charge on any atom is -0.479 e. The van der Waals surface area contributed by atoms with E-state index in [1.165, 1.54) is 0 Å². The molecule has 0 N–H and O–H groups in total. The number of imide groups is 1. The van der Waals surface area contributed by atoms with E-state index in [0.717, 1.165) is 12.1 Å². The molecule has 0 bridgehead atoms. The second kappa shape index (κ2) is 6.77. The van der Waals surface area contributed by atoms with Crippen LogP contribution >= 0.6 is 27.5 Å². The number of anilines is 1. The molecule has 0 spiro atoms. The highest BCUT2D eigenvalue weighted by Crippen LogP contribution is 2.41. The van der Waals surface area contributed by atoms with Gasteiger partial charge in [0.25, 0.3) is 11.8 Å². The molecule has 3 rings (SSSR count). The van der Waals surface area contributed by atoms with E-state index in [0.29, 0.717) is 4.90 Å². The van der Waals surface area contributed by atoms with Gasteiger partial charge in [0, 0.05) is 23.6 Å². The van der Waals surface area contributed by atoms with Crippen LogP contribution in [-0.2, 0) is 9.59 Å². The molecule has 2 amide bonds.